The van der Waals surface area contributed by atoms with Crippen molar-refractivity contribution in [2.24, 2.45) is 0 Å². The predicted molar refractivity (Wildman–Crippen MR) is 110 cm³/mol. The second-order valence-electron chi connectivity index (χ2n) is 8.12. The van der Waals surface area contributed by atoms with Crippen LogP contribution in [0.5, 0.6) is 0 Å². The fourth-order valence-corrected chi connectivity index (χ4v) is 4.05. The van der Waals surface area contributed by atoms with E-state index < -0.39 is 11.7 Å². The summed E-state index contributed by atoms with van der Waals surface area (Å²) in [5.41, 5.74) is 0.902. The monoisotopic (exact) mass is 434 g/mol. The first-order valence-corrected chi connectivity index (χ1v) is 10.3. The molecule has 3 aromatic heterocycles. The molecule has 1 atom stereocenters. The van der Waals surface area contributed by atoms with Crippen molar-refractivity contribution in [3.8, 4) is 0 Å². The van der Waals surface area contributed by atoms with Gasteiger partial charge in [0.25, 0.3) is 5.71 Å². The maximum atomic E-state index is 13.8. The molecule has 0 spiro atoms. The zero-order valence-corrected chi connectivity index (χ0v) is 17.8. The fraction of sp³-hybridized carbons (Fsp3) is 0.524. The lowest BCUT2D eigenvalue weighted by molar-refractivity contribution is -0.136. The third-order valence-corrected chi connectivity index (χ3v) is 5.58. The van der Waals surface area contributed by atoms with Gasteiger partial charge >= 0.3 is 6.18 Å². The largest absolute Gasteiger partial charge is 0.417 e. The molecule has 166 valence electrons. The van der Waals surface area contributed by atoms with Crippen molar-refractivity contribution in [1.29, 1.82) is 0 Å². The lowest BCUT2D eigenvalue weighted by Crippen LogP contribution is -2.34. The van der Waals surface area contributed by atoms with E-state index in [1.165, 1.54) is 0 Å². The molecule has 1 saturated heterocycles. The minimum absolute atomic E-state index is 0.00443. The Hall–Kier alpha value is -2.75. The lowest BCUT2D eigenvalue weighted by atomic mass is 9.91. The minimum atomic E-state index is -4.49. The SMILES string of the molecule is CCc1cc(C(F)(F)F)c2c([C@@H]3CCCN(Cc4cnc(N(C)C)nc4)C3)noc2n1. The Bertz CT molecular complexity index is 1050. The summed E-state index contributed by atoms with van der Waals surface area (Å²) >= 11 is 0. The van der Waals surface area contributed by atoms with Gasteiger partial charge in [-0.15, -0.1) is 0 Å². The number of aryl methyl sites for hydroxylation is 1. The van der Waals surface area contributed by atoms with Crippen molar-refractivity contribution in [2.75, 3.05) is 32.1 Å². The summed E-state index contributed by atoms with van der Waals surface area (Å²) in [5, 5.41) is 4.04. The van der Waals surface area contributed by atoms with E-state index in [1.807, 2.05) is 19.0 Å². The van der Waals surface area contributed by atoms with Crippen LogP contribution < -0.4 is 4.90 Å². The standard InChI is InChI=1S/C21H25F3N6O/c1-4-15-8-16(21(22,23)24)17-18(28-31-19(17)27-15)14-6-5-7-30(12-14)11-13-9-25-20(26-10-13)29(2)3/h8-10,14H,4-7,11-12H2,1-3H3/t14-/m1/s1. The number of hydrogen-bond donors (Lipinski definition) is 0. The van der Waals surface area contributed by atoms with Crippen LogP contribution in [0.15, 0.2) is 23.0 Å². The number of piperidine rings is 1. The molecule has 0 radical (unpaired) electrons. The molecule has 10 heteroatoms. The highest BCUT2D eigenvalue weighted by molar-refractivity contribution is 5.81. The number of rotatable bonds is 5. The molecule has 4 rings (SSSR count). The van der Waals surface area contributed by atoms with Crippen molar-refractivity contribution in [3.63, 3.8) is 0 Å². The number of alkyl halides is 3. The molecule has 0 bridgehead atoms. The first-order chi connectivity index (χ1) is 14.8. The van der Waals surface area contributed by atoms with Crippen molar-refractivity contribution in [1.82, 2.24) is 25.0 Å². The fourth-order valence-electron chi connectivity index (χ4n) is 4.05. The molecule has 1 fully saturated rings. The van der Waals surface area contributed by atoms with Gasteiger partial charge in [-0.25, -0.2) is 15.0 Å². The van der Waals surface area contributed by atoms with Gasteiger partial charge < -0.3 is 9.42 Å². The third-order valence-electron chi connectivity index (χ3n) is 5.58. The zero-order chi connectivity index (χ0) is 22.2. The van der Waals surface area contributed by atoms with E-state index in [1.54, 1.807) is 19.3 Å². The van der Waals surface area contributed by atoms with Gasteiger partial charge in [0.1, 0.15) is 0 Å². The zero-order valence-electron chi connectivity index (χ0n) is 17.8. The van der Waals surface area contributed by atoms with E-state index >= 15 is 0 Å². The number of hydrogen-bond acceptors (Lipinski definition) is 7. The first kappa shape index (κ1) is 21.5. The van der Waals surface area contributed by atoms with Crippen molar-refractivity contribution < 1.29 is 17.7 Å². The highest BCUT2D eigenvalue weighted by Crippen LogP contribution is 2.40. The normalized spacial score (nSPS) is 17.9. The lowest BCUT2D eigenvalue weighted by Gasteiger charge is -2.32. The summed E-state index contributed by atoms with van der Waals surface area (Å²) in [4.78, 5) is 16.9. The minimum Gasteiger partial charge on any atom is -0.347 e. The maximum absolute atomic E-state index is 13.8. The van der Waals surface area contributed by atoms with E-state index in [0.29, 0.717) is 36.8 Å². The number of anilines is 1. The molecular weight excluding hydrogens is 409 g/mol. The summed E-state index contributed by atoms with van der Waals surface area (Å²) in [5.74, 6) is 0.473. The Morgan fingerprint density at radius 3 is 2.61 bits per heavy atom. The Labute approximate surface area is 178 Å². The van der Waals surface area contributed by atoms with Gasteiger partial charge in [-0.2, -0.15) is 13.2 Å². The number of fused-ring (bicyclic) bond motifs is 1. The summed E-state index contributed by atoms with van der Waals surface area (Å²) in [6.45, 7) is 3.83. The summed E-state index contributed by atoms with van der Waals surface area (Å²) in [6, 6.07) is 1.12. The number of nitrogens with zero attached hydrogens (tertiary/aromatic N) is 6. The number of likely N-dealkylation sites (tertiary alicyclic amines) is 1. The van der Waals surface area contributed by atoms with Gasteiger partial charge in [0.15, 0.2) is 0 Å². The van der Waals surface area contributed by atoms with Crippen LogP contribution >= 0.6 is 0 Å². The van der Waals surface area contributed by atoms with E-state index in [2.05, 4.69) is 25.0 Å². The predicted octanol–water partition coefficient (Wildman–Crippen LogP) is 4.04. The second-order valence-corrected chi connectivity index (χ2v) is 8.12. The van der Waals surface area contributed by atoms with Crippen molar-refractivity contribution >= 4 is 17.0 Å². The maximum Gasteiger partial charge on any atom is 0.417 e. The molecule has 1 aliphatic rings. The molecule has 31 heavy (non-hydrogen) atoms. The summed E-state index contributed by atoms with van der Waals surface area (Å²) < 4.78 is 46.6. The van der Waals surface area contributed by atoms with E-state index in [0.717, 1.165) is 31.0 Å². The summed E-state index contributed by atoms with van der Waals surface area (Å²) in [6.07, 6.45) is 1.08. The molecule has 0 unspecified atom stereocenters. The van der Waals surface area contributed by atoms with Crippen molar-refractivity contribution in [3.05, 3.63) is 41.0 Å². The van der Waals surface area contributed by atoms with Crippen LogP contribution in [0.2, 0.25) is 0 Å². The van der Waals surface area contributed by atoms with E-state index in [4.69, 9.17) is 4.52 Å². The molecule has 3 aromatic rings. The Morgan fingerprint density at radius 2 is 1.97 bits per heavy atom. The number of aromatic nitrogens is 4. The van der Waals surface area contributed by atoms with E-state index in [9.17, 15) is 13.2 Å². The van der Waals surface area contributed by atoms with E-state index in [-0.39, 0.29) is 17.0 Å². The molecule has 0 aliphatic carbocycles. The quantitative estimate of drug-likeness (QED) is 0.600. The van der Waals surface area contributed by atoms with Crippen LogP contribution in [0.3, 0.4) is 0 Å². The molecule has 0 amide bonds. The smallest absolute Gasteiger partial charge is 0.347 e. The molecule has 0 N–H and O–H groups in total. The molecular formula is C21H25F3N6O. The van der Waals surface area contributed by atoms with Gasteiger partial charge in [0, 0.05) is 56.8 Å². The molecule has 0 aromatic carbocycles. The highest BCUT2D eigenvalue weighted by atomic mass is 19.4. The van der Waals surface area contributed by atoms with Crippen LogP contribution in [-0.2, 0) is 19.1 Å². The second kappa shape index (κ2) is 8.41. The molecule has 1 aliphatic heterocycles. The van der Waals surface area contributed by atoms with Crippen molar-refractivity contribution in [2.45, 2.75) is 44.8 Å². The Kier molecular flexibility index (Phi) is 5.83. The van der Waals surface area contributed by atoms with Gasteiger partial charge in [0.05, 0.1) is 16.6 Å². The Morgan fingerprint density at radius 1 is 1.23 bits per heavy atom. The van der Waals surface area contributed by atoms with Crippen LogP contribution in [-0.4, -0.2) is 52.2 Å². The summed E-state index contributed by atoms with van der Waals surface area (Å²) in [7, 11) is 3.75. The third kappa shape index (κ3) is 4.48. The van der Waals surface area contributed by atoms with Crippen LogP contribution in [0.4, 0.5) is 19.1 Å². The number of halogens is 3. The molecule has 0 saturated carbocycles. The number of pyridine rings is 1. The van der Waals surface area contributed by atoms with Gasteiger partial charge in [-0.3, -0.25) is 4.90 Å². The van der Waals surface area contributed by atoms with Crippen LogP contribution in [0.1, 0.15) is 48.2 Å². The van der Waals surface area contributed by atoms with Crippen LogP contribution in [0.25, 0.3) is 11.1 Å². The van der Waals surface area contributed by atoms with Gasteiger partial charge in [0.2, 0.25) is 5.95 Å². The van der Waals surface area contributed by atoms with Gasteiger partial charge in [-0.1, -0.05) is 12.1 Å². The average molecular weight is 434 g/mol. The highest BCUT2D eigenvalue weighted by Gasteiger charge is 2.38. The molecule has 7 nitrogen and oxygen atoms in total. The Balaban J connectivity index is 1.59. The van der Waals surface area contributed by atoms with Gasteiger partial charge in [-0.05, 0) is 31.9 Å². The topological polar surface area (TPSA) is 71.2 Å². The molecule has 4 heterocycles. The first-order valence-electron chi connectivity index (χ1n) is 10.3. The van der Waals surface area contributed by atoms with Crippen LogP contribution in [0, 0.1) is 0 Å². The average Bonchev–Trinajstić information content (AvgIpc) is 3.16.